The van der Waals surface area contributed by atoms with Crippen molar-refractivity contribution in [1.82, 2.24) is 4.90 Å². The summed E-state index contributed by atoms with van der Waals surface area (Å²) in [6.07, 6.45) is 1.48. The van der Waals surface area contributed by atoms with Gasteiger partial charge < -0.3 is 4.18 Å². The number of amides is 2. The fourth-order valence-corrected chi connectivity index (χ4v) is 4.97. The zero-order valence-electron chi connectivity index (χ0n) is 17.1. The number of imide groups is 1. The van der Waals surface area contributed by atoms with E-state index < -0.39 is 16.0 Å². The van der Waals surface area contributed by atoms with Crippen molar-refractivity contribution in [1.29, 1.82) is 0 Å². The van der Waals surface area contributed by atoms with Crippen LogP contribution in [0.15, 0.2) is 88.7 Å². The topological polar surface area (TPSA) is 80.8 Å². The van der Waals surface area contributed by atoms with Gasteiger partial charge in [0, 0.05) is 5.56 Å². The monoisotopic (exact) mass is 465 g/mol. The molecule has 6 nitrogen and oxygen atoms in total. The minimum atomic E-state index is -4.05. The van der Waals surface area contributed by atoms with E-state index in [1.54, 1.807) is 36.4 Å². The quantitative estimate of drug-likeness (QED) is 0.376. The fraction of sp³-hybridized carbons (Fsp3) is 0.0833. The first-order valence-corrected chi connectivity index (χ1v) is 12.0. The number of carbonyl (C=O) groups excluding carboxylic acids is 2. The molecule has 3 aromatic carbocycles. The Hall–Kier alpha value is -3.36. The van der Waals surface area contributed by atoms with Crippen LogP contribution < -0.4 is 4.18 Å². The molecule has 162 valence electrons. The predicted molar refractivity (Wildman–Crippen MR) is 123 cm³/mol. The van der Waals surface area contributed by atoms with Crippen LogP contribution in [0.5, 0.6) is 5.75 Å². The van der Waals surface area contributed by atoms with E-state index in [1.165, 1.54) is 29.2 Å². The number of rotatable bonds is 6. The minimum absolute atomic E-state index is 0.0216. The number of carbonyl (C=O) groups is 2. The Morgan fingerprint density at radius 3 is 2.31 bits per heavy atom. The van der Waals surface area contributed by atoms with Crippen molar-refractivity contribution >= 4 is 39.1 Å². The molecule has 0 radical (unpaired) electrons. The highest BCUT2D eigenvalue weighted by Crippen LogP contribution is 2.35. The van der Waals surface area contributed by atoms with Crippen LogP contribution in [0.4, 0.5) is 4.79 Å². The Balaban J connectivity index is 1.60. The normalized spacial score (nSPS) is 15.4. The molecule has 0 bridgehead atoms. The number of hydrogen-bond donors (Lipinski definition) is 0. The first-order valence-electron chi connectivity index (χ1n) is 9.73. The molecule has 2 amide bonds. The molecular formula is C24H19NO5S2. The summed E-state index contributed by atoms with van der Waals surface area (Å²) in [6.45, 7) is 2.10. The number of para-hydroxylation sites is 1. The molecule has 0 spiro atoms. The van der Waals surface area contributed by atoms with Gasteiger partial charge in [0.2, 0.25) is 0 Å². The van der Waals surface area contributed by atoms with Crippen LogP contribution in [0, 0.1) is 6.92 Å². The molecule has 0 unspecified atom stereocenters. The van der Waals surface area contributed by atoms with Crippen LogP contribution in [0.3, 0.4) is 0 Å². The maximum absolute atomic E-state index is 12.9. The van der Waals surface area contributed by atoms with Crippen molar-refractivity contribution in [3.8, 4) is 5.75 Å². The molecule has 4 rings (SSSR count). The van der Waals surface area contributed by atoms with E-state index in [1.807, 2.05) is 31.2 Å². The van der Waals surface area contributed by atoms with Crippen LogP contribution in [0.25, 0.3) is 6.08 Å². The van der Waals surface area contributed by atoms with E-state index in [4.69, 9.17) is 4.18 Å². The van der Waals surface area contributed by atoms with Crippen molar-refractivity contribution in [2.45, 2.75) is 18.4 Å². The van der Waals surface area contributed by atoms with Gasteiger partial charge in [-0.15, -0.1) is 0 Å². The zero-order chi connectivity index (χ0) is 22.7. The Bertz CT molecular complexity index is 1320. The van der Waals surface area contributed by atoms with Crippen LogP contribution in [-0.4, -0.2) is 24.5 Å². The summed E-state index contributed by atoms with van der Waals surface area (Å²) < 4.78 is 30.6. The average Bonchev–Trinajstić information content (AvgIpc) is 3.04. The van der Waals surface area contributed by atoms with Crippen LogP contribution in [0.1, 0.15) is 16.7 Å². The molecule has 0 aromatic heterocycles. The first-order chi connectivity index (χ1) is 15.3. The van der Waals surface area contributed by atoms with E-state index in [9.17, 15) is 18.0 Å². The van der Waals surface area contributed by atoms with E-state index >= 15 is 0 Å². The zero-order valence-corrected chi connectivity index (χ0v) is 18.7. The molecule has 0 saturated carbocycles. The van der Waals surface area contributed by atoms with Gasteiger partial charge in [-0.25, -0.2) is 0 Å². The highest BCUT2D eigenvalue weighted by molar-refractivity contribution is 8.18. The molecular weight excluding hydrogens is 446 g/mol. The van der Waals surface area contributed by atoms with E-state index in [2.05, 4.69) is 0 Å². The largest absolute Gasteiger partial charge is 0.378 e. The second-order valence-corrected chi connectivity index (χ2v) is 9.62. The highest BCUT2D eigenvalue weighted by atomic mass is 32.2. The maximum Gasteiger partial charge on any atom is 0.339 e. The molecule has 3 aromatic rings. The van der Waals surface area contributed by atoms with Gasteiger partial charge in [0.1, 0.15) is 10.6 Å². The van der Waals surface area contributed by atoms with Gasteiger partial charge in [0.05, 0.1) is 11.4 Å². The molecule has 32 heavy (non-hydrogen) atoms. The molecule has 1 aliphatic heterocycles. The Morgan fingerprint density at radius 2 is 1.56 bits per heavy atom. The lowest BCUT2D eigenvalue weighted by Gasteiger charge is -2.14. The third-order valence-corrected chi connectivity index (χ3v) is 7.06. The summed E-state index contributed by atoms with van der Waals surface area (Å²) in [5.74, 6) is -0.356. The Labute approximate surface area is 190 Å². The van der Waals surface area contributed by atoms with Crippen LogP contribution in [-0.2, 0) is 21.5 Å². The molecule has 0 N–H and O–H groups in total. The number of hydrogen-bond acceptors (Lipinski definition) is 6. The van der Waals surface area contributed by atoms with Gasteiger partial charge in [-0.2, -0.15) is 8.42 Å². The maximum atomic E-state index is 12.9. The SMILES string of the molecule is Cc1ccccc1CN1C(=O)S/C(=C\c2ccccc2OS(=O)(=O)c2ccccc2)C1=O. The third kappa shape index (κ3) is 4.61. The van der Waals surface area contributed by atoms with Crippen molar-refractivity contribution in [3.05, 3.63) is 100 Å². The summed E-state index contributed by atoms with van der Waals surface area (Å²) in [5, 5.41) is -0.375. The van der Waals surface area contributed by atoms with E-state index in [0.717, 1.165) is 22.9 Å². The van der Waals surface area contributed by atoms with Gasteiger partial charge >= 0.3 is 10.1 Å². The number of thioether (sulfide) groups is 1. The van der Waals surface area contributed by atoms with Crippen LogP contribution in [0.2, 0.25) is 0 Å². The van der Waals surface area contributed by atoms with Crippen molar-refractivity contribution < 1.29 is 22.2 Å². The van der Waals surface area contributed by atoms with Gasteiger partial charge in [0.15, 0.2) is 0 Å². The minimum Gasteiger partial charge on any atom is -0.378 e. The van der Waals surface area contributed by atoms with Crippen molar-refractivity contribution in [2.75, 3.05) is 0 Å². The standard InChI is InChI=1S/C24H19NO5S2/c1-17-9-5-6-11-19(17)16-25-23(26)22(31-24(25)27)15-18-10-7-8-14-21(18)30-32(28,29)20-12-3-2-4-13-20/h2-15H,16H2,1H3/b22-15-. The average molecular weight is 466 g/mol. The van der Waals surface area contributed by atoms with E-state index in [0.29, 0.717) is 5.56 Å². The lowest BCUT2D eigenvalue weighted by molar-refractivity contribution is -0.123. The third-order valence-electron chi connectivity index (χ3n) is 4.90. The number of nitrogens with zero attached hydrogens (tertiary/aromatic N) is 1. The van der Waals surface area contributed by atoms with Gasteiger partial charge in [-0.1, -0.05) is 60.7 Å². The fourth-order valence-electron chi connectivity index (χ4n) is 3.16. The molecule has 8 heteroatoms. The summed E-state index contributed by atoms with van der Waals surface area (Å²) in [4.78, 5) is 26.8. The summed E-state index contributed by atoms with van der Waals surface area (Å²) in [7, 11) is -4.05. The summed E-state index contributed by atoms with van der Waals surface area (Å²) in [5.41, 5.74) is 2.25. The number of benzene rings is 3. The molecule has 0 aliphatic carbocycles. The lowest BCUT2D eigenvalue weighted by Crippen LogP contribution is -2.27. The highest BCUT2D eigenvalue weighted by Gasteiger charge is 2.35. The molecule has 1 saturated heterocycles. The van der Waals surface area contributed by atoms with Gasteiger partial charge in [-0.05, 0) is 54.1 Å². The predicted octanol–water partition coefficient (Wildman–Crippen LogP) is 5.00. The lowest BCUT2D eigenvalue weighted by atomic mass is 10.1. The summed E-state index contributed by atoms with van der Waals surface area (Å²) >= 11 is 0.818. The number of aryl methyl sites for hydroxylation is 1. The van der Waals surface area contributed by atoms with Crippen LogP contribution >= 0.6 is 11.8 Å². The van der Waals surface area contributed by atoms with Crippen molar-refractivity contribution in [3.63, 3.8) is 0 Å². The molecule has 1 heterocycles. The van der Waals surface area contributed by atoms with E-state index in [-0.39, 0.29) is 27.3 Å². The Kier molecular flexibility index (Phi) is 6.16. The Morgan fingerprint density at radius 1 is 0.906 bits per heavy atom. The van der Waals surface area contributed by atoms with Gasteiger partial charge in [0.25, 0.3) is 11.1 Å². The second-order valence-electron chi connectivity index (χ2n) is 7.08. The molecule has 1 aliphatic rings. The van der Waals surface area contributed by atoms with Crippen molar-refractivity contribution in [2.24, 2.45) is 0 Å². The van der Waals surface area contributed by atoms with Gasteiger partial charge in [-0.3, -0.25) is 14.5 Å². The smallest absolute Gasteiger partial charge is 0.339 e. The molecule has 1 fully saturated rings. The summed E-state index contributed by atoms with van der Waals surface area (Å²) in [6, 6.07) is 21.8. The second kappa shape index (κ2) is 9.02. The first kappa shape index (κ1) is 21.9. The molecule has 0 atom stereocenters.